The summed E-state index contributed by atoms with van der Waals surface area (Å²) in [5, 5.41) is 9.23. The van der Waals surface area contributed by atoms with Crippen molar-refractivity contribution in [2.75, 3.05) is 12.4 Å². The second-order valence-electron chi connectivity index (χ2n) is 6.10. The van der Waals surface area contributed by atoms with Crippen LogP contribution in [0.15, 0.2) is 35.7 Å². The number of carbonyl (C=O) groups excluding carboxylic acids is 2. The molecule has 6 nitrogen and oxygen atoms in total. The van der Waals surface area contributed by atoms with Crippen molar-refractivity contribution >= 4 is 28.2 Å². The molecule has 0 radical (unpaired) electrons. The number of thiophene rings is 1. The minimum atomic E-state index is -0.520. The number of benzene rings is 1. The molecule has 1 aromatic carbocycles. The van der Waals surface area contributed by atoms with Gasteiger partial charge in [0, 0.05) is 11.3 Å². The zero-order valence-corrected chi connectivity index (χ0v) is 15.3. The molecular weight excluding hydrogens is 369 g/mol. The van der Waals surface area contributed by atoms with Crippen molar-refractivity contribution in [1.29, 1.82) is 0 Å². The highest BCUT2D eigenvalue weighted by Crippen LogP contribution is 2.30. The molecule has 2 aromatic heterocycles. The number of amides is 1. The molecule has 1 N–H and O–H groups in total. The Morgan fingerprint density at radius 1 is 1.26 bits per heavy atom. The lowest BCUT2D eigenvalue weighted by molar-refractivity contribution is 0.0602. The number of anilines is 1. The Labute approximate surface area is 158 Å². The van der Waals surface area contributed by atoms with Crippen molar-refractivity contribution in [2.45, 2.75) is 19.3 Å². The Hall–Kier alpha value is -3.00. The fourth-order valence-corrected chi connectivity index (χ4v) is 4.05. The number of aromatic nitrogens is 2. The van der Waals surface area contributed by atoms with Crippen LogP contribution < -0.4 is 5.32 Å². The van der Waals surface area contributed by atoms with Crippen molar-refractivity contribution in [2.24, 2.45) is 0 Å². The molecule has 2 heterocycles. The SMILES string of the molecule is COC(=O)c1ccsc1NC(=O)c1nn(-c2ccccc2F)c2c1CCC2. The number of hydrogen-bond donors (Lipinski definition) is 1. The molecule has 4 rings (SSSR count). The standard InChI is InChI=1S/C19H16FN3O3S/c1-26-19(25)12-9-10-27-18(12)21-17(24)16-11-5-4-8-14(11)23(22-16)15-7-3-2-6-13(15)20/h2-3,6-7,9-10H,4-5,8H2,1H3,(H,21,24). The average molecular weight is 385 g/mol. The summed E-state index contributed by atoms with van der Waals surface area (Å²) in [5.74, 6) is -1.34. The van der Waals surface area contributed by atoms with E-state index in [0.29, 0.717) is 22.7 Å². The maximum Gasteiger partial charge on any atom is 0.340 e. The van der Waals surface area contributed by atoms with Crippen LogP contribution in [0.3, 0.4) is 0 Å². The van der Waals surface area contributed by atoms with Crippen LogP contribution in [0, 0.1) is 5.82 Å². The van der Waals surface area contributed by atoms with E-state index < -0.39 is 17.7 Å². The molecule has 0 bridgehead atoms. The second-order valence-corrected chi connectivity index (χ2v) is 7.02. The van der Waals surface area contributed by atoms with E-state index in [1.165, 1.54) is 29.2 Å². The quantitative estimate of drug-likeness (QED) is 0.697. The van der Waals surface area contributed by atoms with Crippen molar-refractivity contribution < 1.29 is 18.7 Å². The first kappa shape index (κ1) is 17.4. The molecule has 1 aliphatic rings. The van der Waals surface area contributed by atoms with Crippen molar-refractivity contribution in [3.63, 3.8) is 0 Å². The molecule has 0 spiro atoms. The molecule has 0 atom stereocenters. The van der Waals surface area contributed by atoms with Gasteiger partial charge in [-0.3, -0.25) is 4.79 Å². The van der Waals surface area contributed by atoms with Crippen LogP contribution >= 0.6 is 11.3 Å². The third-order valence-electron chi connectivity index (χ3n) is 4.52. The fraction of sp³-hybridized carbons (Fsp3) is 0.211. The van der Waals surface area contributed by atoms with Gasteiger partial charge in [0.05, 0.1) is 12.7 Å². The van der Waals surface area contributed by atoms with Gasteiger partial charge < -0.3 is 10.1 Å². The van der Waals surface area contributed by atoms with Gasteiger partial charge in [0.15, 0.2) is 5.69 Å². The van der Waals surface area contributed by atoms with E-state index in [-0.39, 0.29) is 5.69 Å². The number of para-hydroxylation sites is 1. The molecular formula is C19H16FN3O3S. The first-order valence-corrected chi connectivity index (χ1v) is 9.31. The fourth-order valence-electron chi connectivity index (χ4n) is 3.28. The zero-order valence-electron chi connectivity index (χ0n) is 14.5. The van der Waals surface area contributed by atoms with Crippen LogP contribution in [0.1, 0.15) is 38.5 Å². The lowest BCUT2D eigenvalue weighted by Gasteiger charge is -2.06. The number of carbonyl (C=O) groups is 2. The van der Waals surface area contributed by atoms with Gasteiger partial charge in [0.2, 0.25) is 0 Å². The lowest BCUT2D eigenvalue weighted by atomic mass is 10.2. The topological polar surface area (TPSA) is 73.2 Å². The molecule has 1 amide bonds. The minimum Gasteiger partial charge on any atom is -0.465 e. The number of methoxy groups -OCH3 is 1. The Balaban J connectivity index is 1.70. The van der Waals surface area contributed by atoms with Gasteiger partial charge in [-0.15, -0.1) is 11.3 Å². The van der Waals surface area contributed by atoms with Gasteiger partial charge in [-0.05, 0) is 42.8 Å². The van der Waals surface area contributed by atoms with E-state index in [1.54, 1.807) is 29.6 Å². The number of rotatable bonds is 4. The highest BCUT2D eigenvalue weighted by molar-refractivity contribution is 7.14. The van der Waals surface area contributed by atoms with Crippen molar-refractivity contribution in [3.8, 4) is 5.69 Å². The normalized spacial score (nSPS) is 12.7. The van der Waals surface area contributed by atoms with Crippen LogP contribution in [0.4, 0.5) is 9.39 Å². The summed E-state index contributed by atoms with van der Waals surface area (Å²) in [6.07, 6.45) is 2.32. The highest BCUT2D eigenvalue weighted by Gasteiger charge is 2.28. The van der Waals surface area contributed by atoms with E-state index >= 15 is 0 Å². The Bertz CT molecular complexity index is 1040. The number of fused-ring (bicyclic) bond motifs is 1. The smallest absolute Gasteiger partial charge is 0.340 e. The number of hydrogen-bond acceptors (Lipinski definition) is 5. The minimum absolute atomic E-state index is 0.259. The van der Waals surface area contributed by atoms with Crippen LogP contribution in [-0.2, 0) is 17.6 Å². The van der Waals surface area contributed by atoms with E-state index in [1.807, 2.05) is 0 Å². The molecule has 0 saturated heterocycles. The summed E-state index contributed by atoms with van der Waals surface area (Å²) in [4.78, 5) is 24.6. The summed E-state index contributed by atoms with van der Waals surface area (Å²) < 4.78 is 20.5. The predicted octanol–water partition coefficient (Wildman–Crippen LogP) is 3.60. The molecule has 3 aromatic rings. The molecule has 138 valence electrons. The number of esters is 1. The van der Waals surface area contributed by atoms with Gasteiger partial charge >= 0.3 is 5.97 Å². The third-order valence-corrected chi connectivity index (χ3v) is 5.35. The maximum absolute atomic E-state index is 14.2. The molecule has 0 fully saturated rings. The van der Waals surface area contributed by atoms with Gasteiger partial charge in [0.25, 0.3) is 5.91 Å². The number of nitrogens with zero attached hydrogens (tertiary/aromatic N) is 2. The van der Waals surface area contributed by atoms with E-state index in [2.05, 4.69) is 10.4 Å². The number of halogens is 1. The van der Waals surface area contributed by atoms with Crippen LogP contribution in [-0.4, -0.2) is 28.8 Å². The molecule has 8 heteroatoms. The first-order chi connectivity index (χ1) is 13.1. The second kappa shape index (κ2) is 6.96. The molecule has 0 unspecified atom stereocenters. The monoisotopic (exact) mass is 385 g/mol. The van der Waals surface area contributed by atoms with Gasteiger partial charge in [-0.25, -0.2) is 13.9 Å². The molecule has 1 aliphatic carbocycles. The largest absolute Gasteiger partial charge is 0.465 e. The van der Waals surface area contributed by atoms with Gasteiger partial charge in [-0.1, -0.05) is 12.1 Å². The summed E-state index contributed by atoms with van der Waals surface area (Å²) in [6, 6.07) is 7.94. The predicted molar refractivity (Wildman–Crippen MR) is 99.2 cm³/mol. The summed E-state index contributed by atoms with van der Waals surface area (Å²) in [6.45, 7) is 0. The zero-order chi connectivity index (χ0) is 19.0. The number of ether oxygens (including phenoxy) is 1. The van der Waals surface area contributed by atoms with E-state index in [0.717, 1.165) is 24.1 Å². The Morgan fingerprint density at radius 3 is 2.85 bits per heavy atom. The Kier molecular flexibility index (Phi) is 4.49. The Morgan fingerprint density at radius 2 is 2.07 bits per heavy atom. The van der Waals surface area contributed by atoms with Crippen molar-refractivity contribution in [1.82, 2.24) is 9.78 Å². The van der Waals surface area contributed by atoms with Crippen LogP contribution in [0.5, 0.6) is 0 Å². The summed E-state index contributed by atoms with van der Waals surface area (Å²) >= 11 is 1.23. The van der Waals surface area contributed by atoms with Crippen LogP contribution in [0.25, 0.3) is 5.69 Å². The first-order valence-electron chi connectivity index (χ1n) is 8.43. The van der Waals surface area contributed by atoms with Gasteiger partial charge in [-0.2, -0.15) is 5.10 Å². The van der Waals surface area contributed by atoms with E-state index in [4.69, 9.17) is 4.74 Å². The average Bonchev–Trinajstić information content (AvgIpc) is 3.38. The summed E-state index contributed by atoms with van der Waals surface area (Å²) in [5.41, 5.74) is 2.55. The molecule has 27 heavy (non-hydrogen) atoms. The maximum atomic E-state index is 14.2. The molecule has 0 saturated carbocycles. The number of nitrogens with one attached hydrogen (secondary N) is 1. The molecule has 0 aliphatic heterocycles. The van der Waals surface area contributed by atoms with E-state index in [9.17, 15) is 14.0 Å². The van der Waals surface area contributed by atoms with Gasteiger partial charge in [0.1, 0.15) is 16.5 Å². The lowest BCUT2D eigenvalue weighted by Crippen LogP contribution is -2.16. The third kappa shape index (κ3) is 3.02. The summed E-state index contributed by atoms with van der Waals surface area (Å²) in [7, 11) is 1.29. The van der Waals surface area contributed by atoms with Crippen molar-refractivity contribution in [3.05, 3.63) is 64.0 Å². The highest BCUT2D eigenvalue weighted by atomic mass is 32.1. The van der Waals surface area contributed by atoms with Crippen LogP contribution in [0.2, 0.25) is 0 Å².